The number of rotatable bonds is 2. The molecule has 0 bridgehead atoms. The minimum Gasteiger partial charge on any atom is -0.378 e. The van der Waals surface area contributed by atoms with Crippen molar-refractivity contribution in [3.63, 3.8) is 0 Å². The number of halogens is 1. The molecule has 3 heterocycles. The average molecular weight is 422 g/mol. The van der Waals surface area contributed by atoms with Crippen molar-refractivity contribution in [2.24, 2.45) is 0 Å². The third-order valence-corrected chi connectivity index (χ3v) is 6.93. The van der Waals surface area contributed by atoms with Gasteiger partial charge in [0.15, 0.2) is 0 Å². The van der Waals surface area contributed by atoms with Crippen LogP contribution >= 0.6 is 11.6 Å². The van der Waals surface area contributed by atoms with Crippen molar-refractivity contribution in [2.45, 2.75) is 33.1 Å². The summed E-state index contributed by atoms with van der Waals surface area (Å²) in [6, 6.07) is 13.0. The molecule has 1 fully saturated rings. The van der Waals surface area contributed by atoms with Gasteiger partial charge in [-0.15, -0.1) is 0 Å². The van der Waals surface area contributed by atoms with E-state index in [2.05, 4.69) is 61.8 Å². The van der Waals surface area contributed by atoms with Gasteiger partial charge < -0.3 is 14.5 Å². The second-order valence-corrected chi connectivity index (χ2v) is 9.48. The quantitative estimate of drug-likeness (QED) is 0.525. The van der Waals surface area contributed by atoms with Crippen LogP contribution in [0.25, 0.3) is 10.9 Å². The molecule has 1 saturated heterocycles. The van der Waals surface area contributed by atoms with Crippen molar-refractivity contribution < 1.29 is 4.74 Å². The van der Waals surface area contributed by atoms with E-state index in [4.69, 9.17) is 21.3 Å². The van der Waals surface area contributed by atoms with Gasteiger partial charge in [-0.1, -0.05) is 43.6 Å². The fourth-order valence-electron chi connectivity index (χ4n) is 4.89. The number of nitrogens with zero attached hydrogens (tertiary/aromatic N) is 3. The van der Waals surface area contributed by atoms with Crippen LogP contribution in [0.2, 0.25) is 5.02 Å². The minimum absolute atomic E-state index is 0.0629. The van der Waals surface area contributed by atoms with Crippen molar-refractivity contribution in [1.29, 1.82) is 0 Å². The van der Waals surface area contributed by atoms with E-state index in [0.717, 1.165) is 49.4 Å². The number of hydrogen-bond donors (Lipinski definition) is 0. The first-order chi connectivity index (χ1) is 14.4. The number of fused-ring (bicyclic) bond motifs is 2. The van der Waals surface area contributed by atoms with E-state index in [1.165, 1.54) is 28.2 Å². The SMILES string of the molecule is Cc1nc2c(Cl)cccc2c(N2CC(C)(C)c3ccc(N4CCOCC4)cc32)c1C. The van der Waals surface area contributed by atoms with Crippen molar-refractivity contribution in [3.8, 4) is 0 Å². The Labute approximate surface area is 183 Å². The number of anilines is 3. The summed E-state index contributed by atoms with van der Waals surface area (Å²) in [5.41, 5.74) is 8.37. The second-order valence-electron chi connectivity index (χ2n) is 9.08. The highest BCUT2D eigenvalue weighted by molar-refractivity contribution is 6.35. The lowest BCUT2D eigenvalue weighted by atomic mass is 9.87. The monoisotopic (exact) mass is 421 g/mol. The molecular weight excluding hydrogens is 394 g/mol. The molecule has 5 heteroatoms. The van der Waals surface area contributed by atoms with Gasteiger partial charge in [0.1, 0.15) is 0 Å². The van der Waals surface area contributed by atoms with Gasteiger partial charge in [-0.05, 0) is 43.2 Å². The highest BCUT2D eigenvalue weighted by Gasteiger charge is 2.37. The molecule has 156 valence electrons. The van der Waals surface area contributed by atoms with E-state index in [-0.39, 0.29) is 5.41 Å². The summed E-state index contributed by atoms with van der Waals surface area (Å²) in [7, 11) is 0. The summed E-state index contributed by atoms with van der Waals surface area (Å²) in [5.74, 6) is 0. The van der Waals surface area contributed by atoms with Crippen molar-refractivity contribution in [2.75, 3.05) is 42.6 Å². The fourth-order valence-corrected chi connectivity index (χ4v) is 5.11. The van der Waals surface area contributed by atoms with E-state index in [0.29, 0.717) is 5.02 Å². The van der Waals surface area contributed by atoms with Gasteiger partial charge in [0, 0.05) is 47.5 Å². The maximum absolute atomic E-state index is 6.54. The van der Waals surface area contributed by atoms with Gasteiger partial charge in [-0.25, -0.2) is 0 Å². The summed E-state index contributed by atoms with van der Waals surface area (Å²) < 4.78 is 5.55. The van der Waals surface area contributed by atoms with Gasteiger partial charge in [0.25, 0.3) is 0 Å². The summed E-state index contributed by atoms with van der Waals surface area (Å²) in [5, 5.41) is 1.82. The first-order valence-corrected chi connectivity index (χ1v) is 11.0. The first kappa shape index (κ1) is 19.7. The highest BCUT2D eigenvalue weighted by Crippen LogP contribution is 2.48. The number of aromatic nitrogens is 1. The van der Waals surface area contributed by atoms with Crippen LogP contribution in [0.5, 0.6) is 0 Å². The molecule has 0 amide bonds. The number of para-hydroxylation sites is 1. The van der Waals surface area contributed by atoms with Crippen LogP contribution in [-0.4, -0.2) is 37.8 Å². The molecule has 0 saturated carbocycles. The molecule has 0 aliphatic carbocycles. The molecule has 0 radical (unpaired) electrons. The number of aryl methyl sites for hydroxylation is 1. The first-order valence-electron chi connectivity index (χ1n) is 10.7. The fraction of sp³-hybridized carbons (Fsp3) is 0.400. The molecule has 5 rings (SSSR count). The molecular formula is C25H28ClN3O. The van der Waals surface area contributed by atoms with Gasteiger partial charge in [0.2, 0.25) is 0 Å². The Kier molecular flexibility index (Phi) is 4.68. The molecule has 2 aliphatic rings. The summed E-state index contributed by atoms with van der Waals surface area (Å²) >= 11 is 6.54. The van der Waals surface area contributed by atoms with Crippen LogP contribution in [0.3, 0.4) is 0 Å². The average Bonchev–Trinajstić information content (AvgIpc) is 3.00. The van der Waals surface area contributed by atoms with Gasteiger partial charge >= 0.3 is 0 Å². The zero-order chi connectivity index (χ0) is 21.0. The van der Waals surface area contributed by atoms with E-state index >= 15 is 0 Å². The maximum Gasteiger partial charge on any atom is 0.0912 e. The normalized spacial score (nSPS) is 18.2. The Hall–Kier alpha value is -2.30. The maximum atomic E-state index is 6.54. The standard InChI is InChI=1S/C25H28ClN3O/c1-16-17(2)27-23-19(6-5-7-21(23)26)24(16)29-15-25(3,4)20-9-8-18(14-22(20)29)28-10-12-30-13-11-28/h5-9,14H,10-13,15H2,1-4H3. The molecule has 0 N–H and O–H groups in total. The number of pyridine rings is 1. The lowest BCUT2D eigenvalue weighted by Gasteiger charge is -2.30. The van der Waals surface area contributed by atoms with Crippen LogP contribution in [0.1, 0.15) is 30.7 Å². The molecule has 2 aliphatic heterocycles. The predicted molar refractivity (Wildman–Crippen MR) is 126 cm³/mol. The largest absolute Gasteiger partial charge is 0.378 e. The van der Waals surface area contributed by atoms with E-state index in [1.807, 2.05) is 12.1 Å². The lowest BCUT2D eigenvalue weighted by molar-refractivity contribution is 0.122. The molecule has 4 nitrogen and oxygen atoms in total. The number of hydrogen-bond acceptors (Lipinski definition) is 4. The molecule has 0 unspecified atom stereocenters. The molecule has 0 atom stereocenters. The third kappa shape index (κ3) is 3.05. The summed E-state index contributed by atoms with van der Waals surface area (Å²) in [6.45, 7) is 13.3. The zero-order valence-electron chi connectivity index (χ0n) is 18.1. The van der Waals surface area contributed by atoms with E-state index in [1.54, 1.807) is 0 Å². The van der Waals surface area contributed by atoms with E-state index < -0.39 is 0 Å². The zero-order valence-corrected chi connectivity index (χ0v) is 18.9. The minimum atomic E-state index is 0.0629. The van der Waals surface area contributed by atoms with Crippen LogP contribution in [-0.2, 0) is 10.2 Å². The molecule has 30 heavy (non-hydrogen) atoms. The molecule has 2 aromatic carbocycles. The van der Waals surface area contributed by atoms with Crippen molar-refractivity contribution in [3.05, 3.63) is 58.2 Å². The Morgan fingerprint density at radius 1 is 1.07 bits per heavy atom. The molecule has 0 spiro atoms. The van der Waals surface area contributed by atoms with Gasteiger partial charge in [-0.2, -0.15) is 0 Å². The second kappa shape index (κ2) is 7.14. The molecule has 3 aromatic rings. The van der Waals surface area contributed by atoms with Crippen LogP contribution in [0.4, 0.5) is 17.1 Å². The van der Waals surface area contributed by atoms with E-state index in [9.17, 15) is 0 Å². The smallest absolute Gasteiger partial charge is 0.0912 e. The number of morpholine rings is 1. The van der Waals surface area contributed by atoms with Crippen LogP contribution in [0.15, 0.2) is 36.4 Å². The van der Waals surface area contributed by atoms with Crippen molar-refractivity contribution >= 4 is 39.6 Å². The van der Waals surface area contributed by atoms with Crippen LogP contribution < -0.4 is 9.80 Å². The highest BCUT2D eigenvalue weighted by atomic mass is 35.5. The topological polar surface area (TPSA) is 28.6 Å². The lowest BCUT2D eigenvalue weighted by Crippen LogP contribution is -2.36. The summed E-state index contributed by atoms with van der Waals surface area (Å²) in [6.07, 6.45) is 0. The Balaban J connectivity index is 1.71. The van der Waals surface area contributed by atoms with Crippen LogP contribution in [0, 0.1) is 13.8 Å². The number of benzene rings is 2. The Morgan fingerprint density at radius 2 is 1.83 bits per heavy atom. The molecule has 1 aromatic heterocycles. The Morgan fingerprint density at radius 3 is 2.60 bits per heavy atom. The van der Waals surface area contributed by atoms with Gasteiger partial charge in [-0.3, -0.25) is 4.98 Å². The number of ether oxygens (including phenoxy) is 1. The Bertz CT molecular complexity index is 1130. The van der Waals surface area contributed by atoms with Gasteiger partial charge in [0.05, 0.1) is 29.4 Å². The third-order valence-electron chi connectivity index (χ3n) is 6.62. The predicted octanol–water partition coefficient (Wildman–Crippen LogP) is 5.77. The summed E-state index contributed by atoms with van der Waals surface area (Å²) in [4.78, 5) is 9.72. The van der Waals surface area contributed by atoms with Crippen molar-refractivity contribution in [1.82, 2.24) is 4.98 Å².